The molecule has 0 atom stereocenters. The number of alkyl halides is 2. The first kappa shape index (κ1) is 15.6. The predicted molar refractivity (Wildman–Crippen MR) is 81.3 cm³/mol. The van der Waals surface area contributed by atoms with Crippen LogP contribution < -0.4 is 10.1 Å². The number of nitrogens with one attached hydrogen (secondary N) is 1. The van der Waals surface area contributed by atoms with Crippen molar-refractivity contribution in [3.05, 3.63) is 58.6 Å². The smallest absolute Gasteiger partial charge is 0.263 e. The van der Waals surface area contributed by atoms with E-state index in [1.165, 1.54) is 12.1 Å². The molecule has 2 nitrogen and oxygen atoms in total. The van der Waals surface area contributed by atoms with Gasteiger partial charge in [0.05, 0.1) is 12.3 Å². The van der Waals surface area contributed by atoms with Crippen molar-refractivity contribution in [2.24, 2.45) is 0 Å². The van der Waals surface area contributed by atoms with Crippen LogP contribution in [-0.4, -0.2) is 6.61 Å². The van der Waals surface area contributed by atoms with Gasteiger partial charge in [0.25, 0.3) is 6.43 Å². The van der Waals surface area contributed by atoms with E-state index in [4.69, 9.17) is 16.3 Å². The van der Waals surface area contributed by atoms with Gasteiger partial charge in [-0.3, -0.25) is 0 Å². The van der Waals surface area contributed by atoms with Crippen LogP contribution in [0.2, 0.25) is 5.02 Å². The molecule has 0 heterocycles. The van der Waals surface area contributed by atoms with E-state index < -0.39 is 6.43 Å². The number of rotatable bonds is 6. The van der Waals surface area contributed by atoms with Gasteiger partial charge in [0.15, 0.2) is 0 Å². The first-order chi connectivity index (χ1) is 10.1. The Morgan fingerprint density at radius 2 is 2.00 bits per heavy atom. The van der Waals surface area contributed by atoms with Crippen LogP contribution >= 0.6 is 11.6 Å². The van der Waals surface area contributed by atoms with Crippen molar-refractivity contribution in [1.82, 2.24) is 0 Å². The van der Waals surface area contributed by atoms with Crippen molar-refractivity contribution < 1.29 is 13.5 Å². The highest BCUT2D eigenvalue weighted by Gasteiger charge is 2.08. The van der Waals surface area contributed by atoms with E-state index in [2.05, 4.69) is 5.32 Å². The maximum absolute atomic E-state index is 12.7. The highest BCUT2D eigenvalue weighted by Crippen LogP contribution is 2.29. The molecule has 2 aromatic carbocycles. The number of benzene rings is 2. The Morgan fingerprint density at radius 3 is 2.71 bits per heavy atom. The summed E-state index contributed by atoms with van der Waals surface area (Å²) in [7, 11) is 0. The van der Waals surface area contributed by atoms with Crippen molar-refractivity contribution >= 4 is 17.3 Å². The summed E-state index contributed by atoms with van der Waals surface area (Å²) in [6.07, 6.45) is -2.46. The summed E-state index contributed by atoms with van der Waals surface area (Å²) >= 11 is 5.97. The average molecular weight is 312 g/mol. The van der Waals surface area contributed by atoms with Crippen molar-refractivity contribution in [2.45, 2.75) is 19.9 Å². The van der Waals surface area contributed by atoms with E-state index in [1.807, 2.05) is 6.92 Å². The summed E-state index contributed by atoms with van der Waals surface area (Å²) in [6, 6.07) is 11.6. The van der Waals surface area contributed by atoms with Gasteiger partial charge in [-0.1, -0.05) is 29.8 Å². The van der Waals surface area contributed by atoms with E-state index in [1.54, 1.807) is 30.3 Å². The highest BCUT2D eigenvalue weighted by atomic mass is 35.5. The molecule has 2 aromatic rings. The van der Waals surface area contributed by atoms with Crippen LogP contribution in [0.25, 0.3) is 0 Å². The van der Waals surface area contributed by atoms with Crippen LogP contribution in [0.1, 0.15) is 24.5 Å². The third kappa shape index (κ3) is 4.33. The second kappa shape index (κ2) is 7.27. The van der Waals surface area contributed by atoms with Gasteiger partial charge in [-0.15, -0.1) is 0 Å². The molecule has 0 fully saturated rings. The lowest BCUT2D eigenvalue weighted by Crippen LogP contribution is -2.03. The minimum Gasteiger partial charge on any atom is -0.492 e. The second-order valence-corrected chi connectivity index (χ2v) is 4.91. The molecule has 0 radical (unpaired) electrons. The van der Waals surface area contributed by atoms with Gasteiger partial charge >= 0.3 is 0 Å². The lowest BCUT2D eigenvalue weighted by molar-refractivity contribution is 0.151. The minimum absolute atomic E-state index is 0.0189. The minimum atomic E-state index is -2.46. The summed E-state index contributed by atoms with van der Waals surface area (Å²) in [5, 5.41) is 3.75. The third-order valence-corrected chi connectivity index (χ3v) is 3.16. The second-order valence-electron chi connectivity index (χ2n) is 4.47. The fourth-order valence-electron chi connectivity index (χ4n) is 1.96. The molecule has 0 aromatic heterocycles. The Kier molecular flexibility index (Phi) is 5.39. The Labute approximate surface area is 127 Å². The quantitative estimate of drug-likeness (QED) is 0.782. The monoisotopic (exact) mass is 311 g/mol. The largest absolute Gasteiger partial charge is 0.492 e. The van der Waals surface area contributed by atoms with Gasteiger partial charge < -0.3 is 10.1 Å². The maximum atomic E-state index is 12.7. The molecule has 0 saturated heterocycles. The lowest BCUT2D eigenvalue weighted by atomic mass is 10.1. The summed E-state index contributed by atoms with van der Waals surface area (Å²) in [4.78, 5) is 0. The molecule has 21 heavy (non-hydrogen) atoms. The molecule has 0 bridgehead atoms. The summed E-state index contributed by atoms with van der Waals surface area (Å²) in [6.45, 7) is 2.85. The van der Waals surface area contributed by atoms with Crippen molar-refractivity contribution in [1.29, 1.82) is 0 Å². The number of ether oxygens (including phenoxy) is 1. The van der Waals surface area contributed by atoms with Crippen LogP contribution in [0.3, 0.4) is 0 Å². The Hall–Kier alpha value is -1.81. The van der Waals surface area contributed by atoms with Gasteiger partial charge in [0.1, 0.15) is 5.75 Å². The fraction of sp³-hybridized carbons (Fsp3) is 0.250. The molecular weight excluding hydrogens is 296 g/mol. The third-order valence-electron chi connectivity index (χ3n) is 2.93. The van der Waals surface area contributed by atoms with Crippen molar-refractivity contribution in [2.75, 3.05) is 11.9 Å². The van der Waals surface area contributed by atoms with Crippen molar-refractivity contribution in [3.8, 4) is 5.75 Å². The zero-order valence-corrected chi connectivity index (χ0v) is 12.3. The van der Waals surface area contributed by atoms with Gasteiger partial charge in [-0.2, -0.15) is 0 Å². The number of halogens is 3. The SMILES string of the molecule is CCOc1ccc(Cl)cc1NCc1cccc(C(F)F)c1. The number of anilines is 1. The Balaban J connectivity index is 2.12. The number of hydrogen-bond acceptors (Lipinski definition) is 2. The molecule has 5 heteroatoms. The average Bonchev–Trinajstić information content (AvgIpc) is 2.48. The molecule has 0 unspecified atom stereocenters. The van der Waals surface area contributed by atoms with Gasteiger partial charge in [-0.05, 0) is 36.8 Å². The summed E-state index contributed by atoms with van der Waals surface area (Å²) < 4.78 is 30.8. The molecule has 0 aliphatic rings. The maximum Gasteiger partial charge on any atom is 0.263 e. The first-order valence-corrected chi connectivity index (χ1v) is 7.01. The Morgan fingerprint density at radius 1 is 1.19 bits per heavy atom. The molecule has 0 spiro atoms. The molecule has 0 saturated carbocycles. The highest BCUT2D eigenvalue weighted by molar-refractivity contribution is 6.30. The molecule has 2 rings (SSSR count). The molecular formula is C16H16ClF2NO. The van der Waals surface area contributed by atoms with Gasteiger partial charge in [-0.25, -0.2) is 8.78 Å². The lowest BCUT2D eigenvalue weighted by Gasteiger charge is -2.13. The van der Waals surface area contributed by atoms with E-state index in [0.29, 0.717) is 23.9 Å². The summed E-state index contributed by atoms with van der Waals surface area (Å²) in [5.41, 5.74) is 1.53. The van der Waals surface area contributed by atoms with E-state index in [9.17, 15) is 8.78 Å². The van der Waals surface area contributed by atoms with E-state index in [0.717, 1.165) is 11.3 Å². The van der Waals surface area contributed by atoms with Gasteiger partial charge in [0.2, 0.25) is 0 Å². The van der Waals surface area contributed by atoms with Crippen LogP contribution in [0.5, 0.6) is 5.75 Å². The molecule has 0 aliphatic heterocycles. The molecule has 1 N–H and O–H groups in total. The predicted octanol–water partition coefficient (Wildman–Crippen LogP) is 5.29. The van der Waals surface area contributed by atoms with Crippen LogP contribution in [0, 0.1) is 0 Å². The standard InChI is InChI=1S/C16H16ClF2NO/c1-2-21-15-7-6-13(17)9-14(15)20-10-11-4-3-5-12(8-11)16(18)19/h3-9,16,20H,2,10H2,1H3. The van der Waals surface area contributed by atoms with E-state index in [-0.39, 0.29) is 5.56 Å². The van der Waals surface area contributed by atoms with E-state index >= 15 is 0 Å². The normalized spacial score (nSPS) is 10.7. The topological polar surface area (TPSA) is 21.3 Å². The van der Waals surface area contributed by atoms with Crippen molar-refractivity contribution in [3.63, 3.8) is 0 Å². The zero-order valence-electron chi connectivity index (χ0n) is 11.6. The fourth-order valence-corrected chi connectivity index (χ4v) is 2.13. The first-order valence-electron chi connectivity index (χ1n) is 6.63. The molecule has 0 aliphatic carbocycles. The van der Waals surface area contributed by atoms with Crippen LogP contribution in [0.4, 0.5) is 14.5 Å². The van der Waals surface area contributed by atoms with Crippen LogP contribution in [0.15, 0.2) is 42.5 Å². The zero-order chi connectivity index (χ0) is 15.2. The van der Waals surface area contributed by atoms with Gasteiger partial charge in [0, 0.05) is 17.1 Å². The number of hydrogen-bond donors (Lipinski definition) is 1. The molecule has 0 amide bonds. The Bertz CT molecular complexity index is 605. The molecule has 112 valence electrons. The summed E-state index contributed by atoms with van der Waals surface area (Å²) in [5.74, 6) is 0.687. The van der Waals surface area contributed by atoms with Crippen LogP contribution in [-0.2, 0) is 6.54 Å².